The van der Waals surface area contributed by atoms with Gasteiger partial charge in [-0.05, 0) is 78.8 Å². The second-order valence-corrected chi connectivity index (χ2v) is 14.2. The highest BCUT2D eigenvalue weighted by Crippen LogP contribution is 2.40. The number of aliphatic hydroxyl groups is 1. The van der Waals surface area contributed by atoms with Gasteiger partial charge in [-0.3, -0.25) is 4.79 Å². The van der Waals surface area contributed by atoms with Crippen molar-refractivity contribution in [3.05, 3.63) is 119 Å². The van der Waals surface area contributed by atoms with E-state index in [-0.39, 0.29) is 11.9 Å². The molecule has 2 aliphatic carbocycles. The number of fused-ring (bicyclic) bond motifs is 3. The van der Waals surface area contributed by atoms with Crippen molar-refractivity contribution in [3.63, 3.8) is 0 Å². The topological polar surface area (TPSA) is 149 Å². The Morgan fingerprint density at radius 2 is 1.56 bits per heavy atom. The molecule has 1 aromatic heterocycles. The Balaban J connectivity index is 0.000000324. The zero-order valence-corrected chi connectivity index (χ0v) is 29.9. The van der Waals surface area contributed by atoms with E-state index < -0.39 is 11.5 Å². The molecule has 3 aliphatic rings. The molecule has 0 bridgehead atoms. The Labute approximate surface area is 305 Å². The first-order valence-corrected chi connectivity index (χ1v) is 18.2. The molecule has 5 aromatic rings. The van der Waals surface area contributed by atoms with E-state index in [0.29, 0.717) is 79.0 Å². The Morgan fingerprint density at radius 1 is 0.904 bits per heavy atom. The van der Waals surface area contributed by atoms with E-state index in [2.05, 4.69) is 51.6 Å². The number of ether oxygens (including phenoxy) is 2. The van der Waals surface area contributed by atoms with Crippen LogP contribution in [0.4, 0.5) is 11.8 Å². The molecule has 0 saturated carbocycles. The van der Waals surface area contributed by atoms with Gasteiger partial charge in [-0.25, -0.2) is 4.98 Å². The first kappa shape index (κ1) is 35.2. The maximum atomic E-state index is 14.1. The fourth-order valence-electron chi connectivity index (χ4n) is 8.03. The van der Waals surface area contributed by atoms with Crippen molar-refractivity contribution in [1.82, 2.24) is 15.3 Å². The highest BCUT2D eigenvalue weighted by atomic mass is 16.5. The maximum Gasteiger partial charge on any atom is 0.227 e. The summed E-state index contributed by atoms with van der Waals surface area (Å²) < 4.78 is 10.9. The summed E-state index contributed by atoms with van der Waals surface area (Å²) in [6.07, 6.45) is 5.34. The van der Waals surface area contributed by atoms with Crippen LogP contribution >= 0.6 is 0 Å². The van der Waals surface area contributed by atoms with E-state index in [1.165, 1.54) is 24.0 Å². The van der Waals surface area contributed by atoms with Gasteiger partial charge in [-0.1, -0.05) is 78.9 Å². The largest absolute Gasteiger partial charge is 0.493 e. The van der Waals surface area contributed by atoms with Gasteiger partial charge in [0, 0.05) is 30.6 Å². The number of anilines is 2. The second kappa shape index (κ2) is 15.2. The van der Waals surface area contributed by atoms with Gasteiger partial charge in [-0.15, -0.1) is 0 Å². The van der Waals surface area contributed by atoms with Crippen LogP contribution in [-0.2, 0) is 24.1 Å². The van der Waals surface area contributed by atoms with Crippen molar-refractivity contribution in [2.24, 2.45) is 11.1 Å². The summed E-state index contributed by atoms with van der Waals surface area (Å²) in [7, 11) is 3.16. The monoisotopic (exact) mass is 700 g/mol. The summed E-state index contributed by atoms with van der Waals surface area (Å²) in [5.41, 5.74) is 18.2. The number of aliphatic hydroxyl groups excluding tert-OH is 1. The van der Waals surface area contributed by atoms with E-state index in [1.807, 2.05) is 42.5 Å². The number of nitrogens with two attached hydrogens (primary N) is 2. The number of aryl methyl sites for hydroxylation is 1. The van der Waals surface area contributed by atoms with Gasteiger partial charge in [0.15, 0.2) is 11.5 Å². The van der Waals surface area contributed by atoms with Gasteiger partial charge in [0.1, 0.15) is 5.82 Å². The van der Waals surface area contributed by atoms with Crippen LogP contribution in [0.25, 0.3) is 10.9 Å². The minimum atomic E-state index is -0.714. The van der Waals surface area contributed by atoms with Crippen LogP contribution in [0.2, 0.25) is 0 Å². The molecule has 0 spiro atoms. The third-order valence-corrected chi connectivity index (χ3v) is 11.0. The fourth-order valence-corrected chi connectivity index (χ4v) is 8.03. The summed E-state index contributed by atoms with van der Waals surface area (Å²) in [5.74, 6) is 2.00. The summed E-state index contributed by atoms with van der Waals surface area (Å²) >= 11 is 0. The first-order valence-electron chi connectivity index (χ1n) is 18.2. The minimum absolute atomic E-state index is 0.0198. The van der Waals surface area contributed by atoms with Crippen molar-refractivity contribution < 1.29 is 19.4 Å². The molecule has 1 saturated heterocycles. The zero-order chi connectivity index (χ0) is 36.2. The Morgan fingerprint density at radius 3 is 2.25 bits per heavy atom. The smallest absolute Gasteiger partial charge is 0.227 e. The van der Waals surface area contributed by atoms with E-state index in [4.69, 9.17) is 25.9 Å². The summed E-state index contributed by atoms with van der Waals surface area (Å²) in [6, 6.07) is 30.0. The lowest BCUT2D eigenvalue weighted by Crippen LogP contribution is -2.53. The van der Waals surface area contributed by atoms with Crippen LogP contribution < -0.4 is 31.2 Å². The van der Waals surface area contributed by atoms with Gasteiger partial charge < -0.3 is 36.3 Å². The van der Waals surface area contributed by atoms with Crippen molar-refractivity contribution in [2.75, 3.05) is 37.9 Å². The first-order chi connectivity index (χ1) is 25.3. The van der Waals surface area contributed by atoms with Crippen LogP contribution in [-0.4, -0.2) is 54.3 Å². The molecule has 270 valence electrons. The van der Waals surface area contributed by atoms with E-state index in [1.54, 1.807) is 26.4 Å². The van der Waals surface area contributed by atoms with Crippen LogP contribution in [0.3, 0.4) is 0 Å². The predicted molar refractivity (Wildman–Crippen MR) is 204 cm³/mol. The molecule has 0 radical (unpaired) electrons. The van der Waals surface area contributed by atoms with Gasteiger partial charge in [-0.2, -0.15) is 4.98 Å². The highest BCUT2D eigenvalue weighted by molar-refractivity contribution is 5.92. The number of benzene rings is 4. The Bertz CT molecular complexity index is 2030. The normalized spacial score (nSPS) is 20.2. The quantitative estimate of drug-likeness (QED) is 0.164. The number of aromatic nitrogens is 2. The van der Waals surface area contributed by atoms with Crippen molar-refractivity contribution >= 4 is 28.6 Å². The third-order valence-electron chi connectivity index (χ3n) is 11.0. The standard InChI is InChI=1S/C32H35N5O4.C10H13N/c1-40-26-17-23-24(18-27(26)41-2)35-31(36-29(23)33)37-14-12-32(13-15-37,19-20-8-4-3-5-9-20)30(39)34-25-16-21-10-6-7-11-22(21)28(25)38;11-10-7-3-5-8-4-1-2-6-9(8)10/h3-11,17-18,25,28,38H,12-16,19H2,1-2H3,(H,34,39)(H2,33,35,36);1-2,4,6,10H,3,5,7,11H2. The van der Waals surface area contributed by atoms with Gasteiger partial charge >= 0.3 is 0 Å². The number of nitrogens with one attached hydrogen (secondary N) is 1. The molecular formula is C42H48N6O4. The zero-order valence-electron chi connectivity index (χ0n) is 29.9. The van der Waals surface area contributed by atoms with Crippen LogP contribution in [0.15, 0.2) is 91.0 Å². The average molecular weight is 701 g/mol. The molecule has 3 atom stereocenters. The highest BCUT2D eigenvalue weighted by Gasteiger charge is 2.44. The van der Waals surface area contributed by atoms with Crippen molar-refractivity contribution in [2.45, 2.75) is 63.1 Å². The Hall–Kier alpha value is -5.19. The number of carbonyl (C=O) groups is 1. The molecular weight excluding hydrogens is 652 g/mol. The molecule has 2 heterocycles. The molecule has 3 unspecified atom stereocenters. The average Bonchev–Trinajstić information content (AvgIpc) is 3.49. The number of hydrogen-bond acceptors (Lipinski definition) is 9. The number of nitrogens with zero attached hydrogens (tertiary/aromatic N) is 3. The van der Waals surface area contributed by atoms with Gasteiger partial charge in [0.05, 0.1) is 37.3 Å². The Kier molecular flexibility index (Phi) is 10.3. The van der Waals surface area contributed by atoms with E-state index >= 15 is 0 Å². The number of rotatable bonds is 7. The van der Waals surface area contributed by atoms with Gasteiger partial charge in [0.25, 0.3) is 0 Å². The second-order valence-electron chi connectivity index (χ2n) is 14.2. The predicted octanol–water partition coefficient (Wildman–Crippen LogP) is 5.86. The van der Waals surface area contributed by atoms with E-state index in [9.17, 15) is 9.90 Å². The molecule has 8 rings (SSSR count). The molecule has 4 aromatic carbocycles. The van der Waals surface area contributed by atoms with Crippen molar-refractivity contribution in [3.8, 4) is 11.5 Å². The van der Waals surface area contributed by atoms with Crippen molar-refractivity contribution in [1.29, 1.82) is 0 Å². The molecule has 6 N–H and O–H groups in total. The van der Waals surface area contributed by atoms with Crippen LogP contribution in [0.5, 0.6) is 11.5 Å². The number of piperidine rings is 1. The van der Waals surface area contributed by atoms with Crippen LogP contribution in [0, 0.1) is 5.41 Å². The SMILES string of the molecule is COc1cc2nc(N3CCC(Cc4ccccc4)(C(=O)NC4Cc5ccccc5C4O)CC3)nc(N)c2cc1OC.NC1CCCc2ccccc21. The minimum Gasteiger partial charge on any atom is -0.493 e. The lowest BCUT2D eigenvalue weighted by molar-refractivity contribution is -0.134. The molecule has 1 fully saturated rings. The molecule has 1 aliphatic heterocycles. The third kappa shape index (κ3) is 7.13. The summed E-state index contributed by atoms with van der Waals surface area (Å²) in [5, 5.41) is 14.9. The fraction of sp³-hybridized carbons (Fsp3) is 0.357. The lowest BCUT2D eigenvalue weighted by atomic mass is 9.72. The molecule has 52 heavy (non-hydrogen) atoms. The molecule has 10 nitrogen and oxygen atoms in total. The molecule has 10 heteroatoms. The maximum absolute atomic E-state index is 14.1. The van der Waals surface area contributed by atoms with Crippen LogP contribution in [0.1, 0.15) is 65.6 Å². The summed E-state index contributed by atoms with van der Waals surface area (Å²) in [4.78, 5) is 25.6. The number of methoxy groups -OCH3 is 2. The molecule has 1 amide bonds. The van der Waals surface area contributed by atoms with Gasteiger partial charge in [0.2, 0.25) is 11.9 Å². The number of hydrogen-bond donors (Lipinski definition) is 4. The summed E-state index contributed by atoms with van der Waals surface area (Å²) in [6.45, 7) is 1.18. The number of amides is 1. The lowest BCUT2D eigenvalue weighted by Gasteiger charge is -2.41. The number of carbonyl (C=O) groups excluding carboxylic acids is 1. The number of nitrogen functional groups attached to an aromatic ring is 1. The van der Waals surface area contributed by atoms with E-state index in [0.717, 1.165) is 23.1 Å².